The number of aliphatic hydroxyl groups is 2. The van der Waals surface area contributed by atoms with Gasteiger partial charge >= 0.3 is 0 Å². The highest BCUT2D eigenvalue weighted by Crippen LogP contribution is 2.34. The molecule has 0 bridgehead atoms. The Labute approximate surface area is 432 Å². The van der Waals surface area contributed by atoms with Crippen molar-refractivity contribution in [1.29, 1.82) is 0 Å². The molecule has 8 heterocycles. The second kappa shape index (κ2) is 22.2. The summed E-state index contributed by atoms with van der Waals surface area (Å²) >= 11 is 2.84. The van der Waals surface area contributed by atoms with Gasteiger partial charge in [0.15, 0.2) is 5.82 Å². The number of anilines is 8. The van der Waals surface area contributed by atoms with Crippen molar-refractivity contribution < 1.29 is 19.0 Å². The summed E-state index contributed by atoms with van der Waals surface area (Å²) in [4.78, 5) is 57.9. The number of halogens is 2. The minimum atomic E-state index is -0.607. The van der Waals surface area contributed by atoms with Gasteiger partial charge in [-0.05, 0) is 70.2 Å². The standard InChI is InChI=1S/C48H52F2N20O2S2/c1-29(71)25-69-27-41(31(3)64-69)59-44-60-42(61-48(63-44)68-17-13-66(14-18-68)45-51-20-36(21-52-45)73-34-7-5-33(49)6-8-34)38-19-35(9-10-39(38)50)74-37-22-53-46(54-23-37)65-11-15-67(16-12-65)47-56-28-55-43(62-47)58-40-24-57-70(32(40)4)26-30(2)72/h5-10,19-24,27-30,71-72H,11-18,25-26H2,1-4H3,(H,55,56,58,62)(H,59,60,61,63). The van der Waals surface area contributed by atoms with E-state index in [0.717, 1.165) is 31.0 Å². The normalized spacial score (nSPS) is 14.9. The van der Waals surface area contributed by atoms with Crippen molar-refractivity contribution in [3.63, 3.8) is 0 Å². The maximum atomic E-state index is 16.0. The van der Waals surface area contributed by atoms with Gasteiger partial charge in [-0.1, -0.05) is 23.5 Å². The second-order valence-corrected chi connectivity index (χ2v) is 20.0. The van der Waals surface area contributed by atoms with E-state index in [4.69, 9.17) is 24.9 Å². The van der Waals surface area contributed by atoms with Gasteiger partial charge in [-0.3, -0.25) is 9.36 Å². The van der Waals surface area contributed by atoms with E-state index in [1.54, 1.807) is 84.7 Å². The van der Waals surface area contributed by atoms with Gasteiger partial charge < -0.3 is 40.4 Å². The number of aromatic nitrogens is 14. The summed E-state index contributed by atoms with van der Waals surface area (Å²) in [5.41, 5.74) is 3.08. The van der Waals surface area contributed by atoms with Gasteiger partial charge in [-0.2, -0.15) is 30.1 Å². The molecule has 74 heavy (non-hydrogen) atoms. The van der Waals surface area contributed by atoms with Gasteiger partial charge in [0.2, 0.25) is 35.7 Å². The predicted molar refractivity (Wildman–Crippen MR) is 276 cm³/mol. The van der Waals surface area contributed by atoms with Crippen LogP contribution >= 0.6 is 23.5 Å². The first-order chi connectivity index (χ1) is 35.8. The van der Waals surface area contributed by atoms with Crippen LogP contribution in [0.15, 0.2) is 106 Å². The third kappa shape index (κ3) is 12.0. The molecule has 0 spiro atoms. The van der Waals surface area contributed by atoms with Crippen molar-refractivity contribution in [2.24, 2.45) is 0 Å². The van der Waals surface area contributed by atoms with Crippen LogP contribution in [0.3, 0.4) is 0 Å². The first-order valence-corrected chi connectivity index (χ1v) is 25.5. The van der Waals surface area contributed by atoms with Crippen LogP contribution in [0.2, 0.25) is 0 Å². The van der Waals surface area contributed by atoms with Crippen LogP contribution in [0.5, 0.6) is 0 Å². The predicted octanol–water partition coefficient (Wildman–Crippen LogP) is 5.80. The molecule has 0 amide bonds. The Balaban J connectivity index is 0.807. The van der Waals surface area contributed by atoms with E-state index >= 15 is 4.39 Å². The number of piperazine rings is 2. The third-order valence-electron chi connectivity index (χ3n) is 12.0. The zero-order valence-electron chi connectivity index (χ0n) is 40.8. The summed E-state index contributed by atoms with van der Waals surface area (Å²) in [5.74, 6) is 2.02. The fourth-order valence-electron chi connectivity index (χ4n) is 8.21. The van der Waals surface area contributed by atoms with Crippen LogP contribution in [-0.2, 0) is 13.1 Å². The molecular formula is C48H52F2N20O2S2. The molecule has 2 fully saturated rings. The van der Waals surface area contributed by atoms with Gasteiger partial charge in [0.1, 0.15) is 18.0 Å². The quantitative estimate of drug-likeness (QED) is 0.0843. The number of rotatable bonds is 17. The van der Waals surface area contributed by atoms with E-state index in [1.165, 1.54) is 48.1 Å². The lowest BCUT2D eigenvalue weighted by molar-refractivity contribution is 0.167. The van der Waals surface area contributed by atoms with E-state index < -0.39 is 18.0 Å². The molecule has 6 aromatic heterocycles. The summed E-state index contributed by atoms with van der Waals surface area (Å²) in [6.45, 7) is 12.6. The lowest BCUT2D eigenvalue weighted by Crippen LogP contribution is -2.47. The zero-order chi connectivity index (χ0) is 51.3. The van der Waals surface area contributed by atoms with Crippen LogP contribution in [0, 0.1) is 25.5 Å². The first-order valence-electron chi connectivity index (χ1n) is 23.8. The molecule has 22 nitrogen and oxygen atoms in total. The molecular weight excluding hydrogens is 991 g/mol. The molecule has 2 aliphatic rings. The number of benzene rings is 2. The van der Waals surface area contributed by atoms with Crippen molar-refractivity contribution in [2.75, 3.05) is 82.6 Å². The summed E-state index contributed by atoms with van der Waals surface area (Å²) in [7, 11) is 0. The maximum absolute atomic E-state index is 16.0. The summed E-state index contributed by atoms with van der Waals surface area (Å²) in [6.07, 6.45) is 10.8. The van der Waals surface area contributed by atoms with Crippen molar-refractivity contribution in [2.45, 2.75) is 72.6 Å². The number of nitrogens with zero attached hydrogens (tertiary/aromatic N) is 18. The van der Waals surface area contributed by atoms with Crippen LogP contribution in [0.25, 0.3) is 11.4 Å². The lowest BCUT2D eigenvalue weighted by Gasteiger charge is -2.34. The Kier molecular flexibility index (Phi) is 15.0. The molecule has 2 saturated heterocycles. The number of hydrogen-bond acceptors (Lipinski definition) is 22. The van der Waals surface area contributed by atoms with Crippen molar-refractivity contribution in [3.05, 3.63) is 109 Å². The molecule has 2 atom stereocenters. The van der Waals surface area contributed by atoms with Gasteiger partial charge in [0, 0.05) is 103 Å². The molecule has 382 valence electrons. The molecule has 0 aliphatic carbocycles. The molecule has 2 unspecified atom stereocenters. The smallest absolute Gasteiger partial charge is 0.232 e. The van der Waals surface area contributed by atoms with Gasteiger partial charge in [-0.15, -0.1) is 0 Å². The number of aliphatic hydroxyl groups excluding tert-OH is 2. The number of nitrogens with one attached hydrogen (secondary N) is 2. The second-order valence-electron chi connectivity index (χ2n) is 17.7. The Bertz CT molecular complexity index is 3190. The van der Waals surface area contributed by atoms with E-state index in [-0.39, 0.29) is 23.2 Å². The Morgan fingerprint density at radius 2 is 1.14 bits per heavy atom. The zero-order valence-corrected chi connectivity index (χ0v) is 42.5. The van der Waals surface area contributed by atoms with E-state index in [9.17, 15) is 14.6 Å². The van der Waals surface area contributed by atoms with E-state index in [0.29, 0.717) is 107 Å². The Hall–Kier alpha value is -7.68. The average molecular weight is 1040 g/mol. The van der Waals surface area contributed by atoms with Crippen molar-refractivity contribution >= 4 is 70.6 Å². The highest BCUT2D eigenvalue weighted by atomic mass is 32.2. The highest BCUT2D eigenvalue weighted by molar-refractivity contribution is 7.99. The van der Waals surface area contributed by atoms with E-state index in [2.05, 4.69) is 60.5 Å². The average Bonchev–Trinajstić information content (AvgIpc) is 3.92. The van der Waals surface area contributed by atoms with E-state index in [1.807, 2.05) is 18.7 Å². The molecule has 8 aromatic rings. The lowest BCUT2D eigenvalue weighted by atomic mass is 10.2. The van der Waals surface area contributed by atoms with Gasteiger partial charge in [0.05, 0.1) is 59.8 Å². The van der Waals surface area contributed by atoms with Crippen LogP contribution in [0.1, 0.15) is 25.2 Å². The summed E-state index contributed by atoms with van der Waals surface area (Å²) in [5, 5.41) is 35.2. The highest BCUT2D eigenvalue weighted by Gasteiger charge is 2.25. The SMILES string of the molecule is Cc1nn(CC(C)O)cc1Nc1nc(-c2cc(Sc3cnc(N4CCN(c5ncnc(Nc6cnn(CC(C)O)c6C)n5)CC4)nc3)ccc2F)nc(N2CCN(c3ncc(Sc4ccc(F)cc4)cn3)CC2)n1. The van der Waals surface area contributed by atoms with Crippen LogP contribution in [-0.4, -0.2) is 144 Å². The molecule has 0 radical (unpaired) electrons. The monoisotopic (exact) mass is 1040 g/mol. The van der Waals surface area contributed by atoms with Crippen molar-refractivity contribution in [3.8, 4) is 11.4 Å². The third-order valence-corrected chi connectivity index (χ3v) is 13.9. The Morgan fingerprint density at radius 1 is 0.581 bits per heavy atom. The van der Waals surface area contributed by atoms with Crippen molar-refractivity contribution in [1.82, 2.24) is 69.4 Å². The van der Waals surface area contributed by atoms with Gasteiger partial charge in [-0.25, -0.2) is 38.7 Å². The molecule has 2 aliphatic heterocycles. The summed E-state index contributed by atoms with van der Waals surface area (Å²) in [6, 6.07) is 11.1. The maximum Gasteiger partial charge on any atom is 0.232 e. The molecule has 10 rings (SSSR count). The molecule has 4 N–H and O–H groups in total. The fourth-order valence-corrected chi connectivity index (χ4v) is 9.76. The molecule has 2 aromatic carbocycles. The Morgan fingerprint density at radius 3 is 1.76 bits per heavy atom. The van der Waals surface area contributed by atoms with Crippen LogP contribution in [0.4, 0.5) is 55.8 Å². The molecule has 26 heteroatoms. The minimum Gasteiger partial charge on any atom is -0.391 e. The van der Waals surface area contributed by atoms with Crippen LogP contribution < -0.4 is 30.2 Å². The largest absolute Gasteiger partial charge is 0.391 e. The summed E-state index contributed by atoms with van der Waals surface area (Å²) < 4.78 is 32.8. The first kappa shape index (κ1) is 49.9. The number of hydrogen-bond donors (Lipinski definition) is 4. The topological polar surface area (TPSA) is 242 Å². The fraction of sp³-hybridized carbons (Fsp3) is 0.333. The number of aryl methyl sites for hydroxylation is 1. The minimum absolute atomic E-state index is 0.137. The van der Waals surface area contributed by atoms with Gasteiger partial charge in [0.25, 0.3) is 0 Å². The molecule has 0 saturated carbocycles.